The van der Waals surface area contributed by atoms with Crippen LogP contribution in [0.5, 0.6) is 0 Å². The van der Waals surface area contributed by atoms with Crippen LogP contribution in [0.4, 0.5) is 10.6 Å². The van der Waals surface area contributed by atoms with Gasteiger partial charge in [0.05, 0.1) is 17.4 Å². The number of nitrogens with one attached hydrogen (secondary N) is 2. The molecule has 1 aromatic heterocycles. The maximum absolute atomic E-state index is 12.4. The van der Waals surface area contributed by atoms with Gasteiger partial charge in [-0.1, -0.05) is 30.3 Å². The van der Waals surface area contributed by atoms with Crippen LogP contribution in [-0.2, 0) is 6.42 Å². The molecule has 2 unspecified atom stereocenters. The van der Waals surface area contributed by atoms with Gasteiger partial charge < -0.3 is 10.2 Å². The molecule has 0 saturated carbocycles. The van der Waals surface area contributed by atoms with Crippen molar-refractivity contribution in [3.05, 3.63) is 53.2 Å². The summed E-state index contributed by atoms with van der Waals surface area (Å²) in [6.45, 7) is 1.95. The summed E-state index contributed by atoms with van der Waals surface area (Å²) < 4.78 is 0. The molecule has 3 heterocycles. The standard InChI is InChI=1S/C20H24N6O/c1-13(14-7-4-3-5-8-14)22-24-19-12-16-17(23-25-19)11-15-9-6-10-18(16)26(15)20(27)21-2/h3-5,7-8,12,15,18H,6,9-11H2,1-2H3,(H,21,27)(H,24,25). The summed E-state index contributed by atoms with van der Waals surface area (Å²) in [6, 6.07) is 12.2. The molecule has 2 atom stereocenters. The average molecular weight is 364 g/mol. The molecule has 0 spiro atoms. The summed E-state index contributed by atoms with van der Waals surface area (Å²) in [4.78, 5) is 14.4. The van der Waals surface area contributed by atoms with E-state index in [0.29, 0.717) is 5.82 Å². The molecule has 2 N–H and O–H groups in total. The van der Waals surface area contributed by atoms with Crippen molar-refractivity contribution >= 4 is 17.6 Å². The van der Waals surface area contributed by atoms with Crippen LogP contribution in [0.2, 0.25) is 0 Å². The van der Waals surface area contributed by atoms with Gasteiger partial charge in [0.1, 0.15) is 0 Å². The van der Waals surface area contributed by atoms with E-state index >= 15 is 0 Å². The topological polar surface area (TPSA) is 82.5 Å². The van der Waals surface area contributed by atoms with E-state index in [-0.39, 0.29) is 18.1 Å². The molecule has 4 rings (SSSR count). The van der Waals surface area contributed by atoms with Gasteiger partial charge in [0.25, 0.3) is 0 Å². The first-order valence-corrected chi connectivity index (χ1v) is 9.39. The van der Waals surface area contributed by atoms with Crippen LogP contribution in [0.25, 0.3) is 0 Å². The molecule has 2 aromatic rings. The predicted molar refractivity (Wildman–Crippen MR) is 105 cm³/mol. The lowest BCUT2D eigenvalue weighted by atomic mass is 9.82. The number of hydrogen-bond donors (Lipinski definition) is 2. The Morgan fingerprint density at radius 2 is 2.04 bits per heavy atom. The minimum absolute atomic E-state index is 0.0142. The Morgan fingerprint density at radius 1 is 1.22 bits per heavy atom. The zero-order valence-corrected chi connectivity index (χ0v) is 15.6. The predicted octanol–water partition coefficient (Wildman–Crippen LogP) is 3.10. The molecule has 27 heavy (non-hydrogen) atoms. The van der Waals surface area contributed by atoms with E-state index in [1.54, 1.807) is 7.05 Å². The van der Waals surface area contributed by atoms with Crippen LogP contribution >= 0.6 is 0 Å². The summed E-state index contributed by atoms with van der Waals surface area (Å²) in [5, 5.41) is 15.9. The second-order valence-electron chi connectivity index (χ2n) is 7.07. The van der Waals surface area contributed by atoms with Crippen molar-refractivity contribution in [2.24, 2.45) is 5.10 Å². The molecule has 2 amide bonds. The van der Waals surface area contributed by atoms with Crippen molar-refractivity contribution in [1.82, 2.24) is 20.4 Å². The molecule has 2 aliphatic heterocycles. The van der Waals surface area contributed by atoms with Crippen molar-refractivity contribution < 1.29 is 4.79 Å². The molecular formula is C20H24N6O. The normalized spacial score (nSPS) is 21.4. The number of benzene rings is 1. The highest BCUT2D eigenvalue weighted by Gasteiger charge is 2.40. The summed E-state index contributed by atoms with van der Waals surface area (Å²) in [5.74, 6) is 0.602. The first-order chi connectivity index (χ1) is 13.2. The monoisotopic (exact) mass is 364 g/mol. The minimum Gasteiger partial charge on any atom is -0.341 e. The number of fused-ring (bicyclic) bond motifs is 4. The fraction of sp³-hybridized carbons (Fsp3) is 0.400. The number of amides is 2. The highest BCUT2D eigenvalue weighted by atomic mass is 16.2. The van der Waals surface area contributed by atoms with E-state index < -0.39 is 0 Å². The fourth-order valence-electron chi connectivity index (χ4n) is 4.06. The Bertz CT molecular complexity index is 866. The third-order valence-corrected chi connectivity index (χ3v) is 5.41. The van der Waals surface area contributed by atoms with Gasteiger partial charge in [-0.15, -0.1) is 5.10 Å². The van der Waals surface area contributed by atoms with Crippen molar-refractivity contribution in [3.63, 3.8) is 0 Å². The van der Waals surface area contributed by atoms with Crippen LogP contribution in [-0.4, -0.2) is 39.9 Å². The molecule has 0 aliphatic carbocycles. The number of nitrogens with zero attached hydrogens (tertiary/aromatic N) is 4. The fourth-order valence-corrected chi connectivity index (χ4v) is 4.06. The average Bonchev–Trinajstić information content (AvgIpc) is 2.72. The largest absolute Gasteiger partial charge is 0.341 e. The van der Waals surface area contributed by atoms with Gasteiger partial charge in [-0.25, -0.2) is 4.79 Å². The summed E-state index contributed by atoms with van der Waals surface area (Å²) in [7, 11) is 1.69. The Labute approximate surface area is 158 Å². The van der Waals surface area contributed by atoms with Gasteiger partial charge in [0.15, 0.2) is 5.82 Å². The lowest BCUT2D eigenvalue weighted by molar-refractivity contribution is 0.0962. The van der Waals surface area contributed by atoms with Crippen LogP contribution in [0, 0.1) is 0 Å². The van der Waals surface area contributed by atoms with Crippen LogP contribution in [0.15, 0.2) is 41.5 Å². The Hall–Kier alpha value is -2.96. The summed E-state index contributed by atoms with van der Waals surface area (Å²) in [5.41, 5.74) is 7.03. The number of anilines is 1. The van der Waals surface area contributed by atoms with Gasteiger partial charge >= 0.3 is 6.03 Å². The third-order valence-electron chi connectivity index (χ3n) is 5.41. The first kappa shape index (κ1) is 17.5. The van der Waals surface area contributed by atoms with E-state index in [9.17, 15) is 4.79 Å². The van der Waals surface area contributed by atoms with Gasteiger partial charge in [0, 0.05) is 25.1 Å². The molecular weight excluding hydrogens is 340 g/mol. The molecule has 140 valence electrons. The molecule has 7 heteroatoms. The van der Waals surface area contributed by atoms with Gasteiger partial charge in [0.2, 0.25) is 0 Å². The van der Waals surface area contributed by atoms with E-state index in [4.69, 9.17) is 0 Å². The number of carbonyl (C=O) groups excluding carboxylic acids is 1. The van der Waals surface area contributed by atoms with E-state index in [1.807, 2.05) is 48.2 Å². The maximum atomic E-state index is 12.4. The molecule has 7 nitrogen and oxygen atoms in total. The van der Waals surface area contributed by atoms with Gasteiger partial charge in [-0.05, 0) is 37.8 Å². The third kappa shape index (κ3) is 3.37. The van der Waals surface area contributed by atoms with Gasteiger partial charge in [-0.3, -0.25) is 5.43 Å². The summed E-state index contributed by atoms with van der Waals surface area (Å²) in [6.07, 6.45) is 3.86. The Kier molecular flexibility index (Phi) is 4.75. The second-order valence-corrected chi connectivity index (χ2v) is 7.07. The Morgan fingerprint density at radius 3 is 2.81 bits per heavy atom. The zero-order chi connectivity index (χ0) is 18.8. The van der Waals surface area contributed by atoms with Crippen LogP contribution in [0.1, 0.15) is 49.0 Å². The smallest absolute Gasteiger partial charge is 0.317 e. The van der Waals surface area contributed by atoms with Crippen molar-refractivity contribution in [1.29, 1.82) is 0 Å². The highest BCUT2D eigenvalue weighted by Crippen LogP contribution is 2.41. The van der Waals surface area contributed by atoms with Gasteiger partial charge in [-0.2, -0.15) is 10.2 Å². The number of rotatable bonds is 3. The molecule has 1 fully saturated rings. The Balaban J connectivity index is 1.59. The molecule has 2 bridgehead atoms. The number of aromatic nitrogens is 2. The van der Waals surface area contributed by atoms with E-state index in [2.05, 4.69) is 26.0 Å². The lowest BCUT2D eigenvalue weighted by Gasteiger charge is -2.46. The maximum Gasteiger partial charge on any atom is 0.317 e. The van der Waals surface area contributed by atoms with E-state index in [0.717, 1.165) is 48.2 Å². The van der Waals surface area contributed by atoms with Crippen LogP contribution < -0.4 is 10.7 Å². The number of carbonyl (C=O) groups is 1. The molecule has 1 saturated heterocycles. The molecule has 1 aromatic carbocycles. The number of hydrazone groups is 1. The minimum atomic E-state index is -0.0142. The summed E-state index contributed by atoms with van der Waals surface area (Å²) >= 11 is 0. The molecule has 2 aliphatic rings. The quantitative estimate of drug-likeness (QED) is 0.648. The van der Waals surface area contributed by atoms with Crippen molar-refractivity contribution in [3.8, 4) is 0 Å². The number of urea groups is 1. The SMILES string of the molecule is CNC(=O)N1C2CCCC1c1cc(NN=C(C)c3ccccc3)nnc1C2. The van der Waals surface area contributed by atoms with Crippen LogP contribution in [0.3, 0.4) is 0 Å². The second kappa shape index (κ2) is 7.34. The lowest BCUT2D eigenvalue weighted by Crippen LogP contribution is -2.53. The highest BCUT2D eigenvalue weighted by molar-refractivity contribution is 5.98. The van der Waals surface area contributed by atoms with E-state index in [1.165, 1.54) is 0 Å². The number of piperidine rings is 1. The van der Waals surface area contributed by atoms with Crippen molar-refractivity contribution in [2.45, 2.75) is 44.7 Å². The first-order valence-electron chi connectivity index (χ1n) is 9.39. The number of hydrogen-bond acceptors (Lipinski definition) is 5. The van der Waals surface area contributed by atoms with Crippen molar-refractivity contribution in [2.75, 3.05) is 12.5 Å². The molecule has 0 radical (unpaired) electrons. The zero-order valence-electron chi connectivity index (χ0n) is 15.6.